The van der Waals surface area contributed by atoms with E-state index in [1.54, 1.807) is 13.2 Å². The van der Waals surface area contributed by atoms with Crippen molar-refractivity contribution in [3.63, 3.8) is 0 Å². The molecule has 1 atom stereocenters. The second-order valence-corrected chi connectivity index (χ2v) is 4.42. The zero-order valence-corrected chi connectivity index (χ0v) is 11.7. The van der Waals surface area contributed by atoms with Gasteiger partial charge in [0.25, 0.3) is 0 Å². The third-order valence-corrected chi connectivity index (χ3v) is 2.70. The van der Waals surface area contributed by atoms with Crippen LogP contribution in [0.4, 0.5) is 0 Å². The summed E-state index contributed by atoms with van der Waals surface area (Å²) in [6.07, 6.45) is 1.74. The topological polar surface area (TPSA) is 30.5 Å². The fraction of sp³-hybridized carbons (Fsp3) is 0.429. The van der Waals surface area contributed by atoms with Crippen LogP contribution >= 0.6 is 11.6 Å². The van der Waals surface area contributed by atoms with E-state index in [2.05, 4.69) is 11.9 Å². The van der Waals surface area contributed by atoms with Crippen molar-refractivity contribution >= 4 is 11.6 Å². The SMILES string of the molecule is C=CC(C)Oc1ccc(Cl)cc1CNCCOC. The van der Waals surface area contributed by atoms with Gasteiger partial charge < -0.3 is 14.8 Å². The summed E-state index contributed by atoms with van der Waals surface area (Å²) >= 11 is 6.00. The highest BCUT2D eigenvalue weighted by molar-refractivity contribution is 6.30. The van der Waals surface area contributed by atoms with Gasteiger partial charge in [0.05, 0.1) is 6.61 Å². The Labute approximate surface area is 114 Å². The summed E-state index contributed by atoms with van der Waals surface area (Å²) in [7, 11) is 1.68. The standard InChI is InChI=1S/C14H20ClNO2/c1-4-11(2)18-14-6-5-13(15)9-12(14)10-16-7-8-17-3/h4-6,9,11,16H,1,7-8,10H2,2-3H3. The molecule has 1 aromatic carbocycles. The van der Waals surface area contributed by atoms with Crippen LogP contribution < -0.4 is 10.1 Å². The van der Waals surface area contributed by atoms with Crippen molar-refractivity contribution in [2.24, 2.45) is 0 Å². The predicted molar refractivity (Wildman–Crippen MR) is 75.3 cm³/mol. The summed E-state index contributed by atoms with van der Waals surface area (Å²) in [5.41, 5.74) is 1.03. The van der Waals surface area contributed by atoms with Gasteiger partial charge in [-0.2, -0.15) is 0 Å². The molecule has 0 spiro atoms. The van der Waals surface area contributed by atoms with Crippen LogP contribution in [0.25, 0.3) is 0 Å². The first-order valence-electron chi connectivity index (χ1n) is 5.94. The summed E-state index contributed by atoms with van der Waals surface area (Å²) < 4.78 is 10.7. The average molecular weight is 270 g/mol. The number of methoxy groups -OCH3 is 1. The summed E-state index contributed by atoms with van der Waals surface area (Å²) in [5.74, 6) is 0.830. The van der Waals surface area contributed by atoms with E-state index in [1.807, 2.05) is 25.1 Å². The molecule has 1 aromatic rings. The third-order valence-electron chi connectivity index (χ3n) is 2.47. The summed E-state index contributed by atoms with van der Waals surface area (Å²) in [5, 5.41) is 3.98. The molecule has 18 heavy (non-hydrogen) atoms. The van der Waals surface area contributed by atoms with Gasteiger partial charge >= 0.3 is 0 Å². The number of benzene rings is 1. The fourth-order valence-corrected chi connectivity index (χ4v) is 1.64. The van der Waals surface area contributed by atoms with E-state index in [4.69, 9.17) is 21.1 Å². The third kappa shape index (κ3) is 5.08. The lowest BCUT2D eigenvalue weighted by Gasteiger charge is -2.15. The van der Waals surface area contributed by atoms with Crippen LogP contribution in [0.15, 0.2) is 30.9 Å². The van der Waals surface area contributed by atoms with Crippen molar-refractivity contribution in [1.82, 2.24) is 5.32 Å². The van der Waals surface area contributed by atoms with Crippen molar-refractivity contribution in [1.29, 1.82) is 0 Å². The monoisotopic (exact) mass is 269 g/mol. The Kier molecular flexibility index (Phi) is 6.80. The number of rotatable bonds is 8. The average Bonchev–Trinajstić information content (AvgIpc) is 2.37. The second-order valence-electron chi connectivity index (χ2n) is 3.98. The van der Waals surface area contributed by atoms with E-state index in [0.29, 0.717) is 18.2 Å². The lowest BCUT2D eigenvalue weighted by atomic mass is 10.2. The van der Waals surface area contributed by atoms with Crippen molar-refractivity contribution in [2.75, 3.05) is 20.3 Å². The van der Waals surface area contributed by atoms with Gasteiger partial charge in [0, 0.05) is 30.8 Å². The van der Waals surface area contributed by atoms with Crippen LogP contribution in [-0.2, 0) is 11.3 Å². The van der Waals surface area contributed by atoms with Gasteiger partial charge in [-0.1, -0.05) is 24.3 Å². The molecular formula is C14H20ClNO2. The summed E-state index contributed by atoms with van der Waals surface area (Å²) in [4.78, 5) is 0. The van der Waals surface area contributed by atoms with Gasteiger partial charge in [0.1, 0.15) is 11.9 Å². The molecule has 1 N–H and O–H groups in total. The highest BCUT2D eigenvalue weighted by Crippen LogP contribution is 2.24. The van der Waals surface area contributed by atoms with Crippen LogP contribution in [-0.4, -0.2) is 26.4 Å². The molecule has 3 nitrogen and oxygen atoms in total. The number of halogens is 1. The summed E-state index contributed by atoms with van der Waals surface area (Å²) in [6.45, 7) is 7.82. The first kappa shape index (κ1) is 15.0. The molecule has 0 saturated heterocycles. The maximum atomic E-state index is 6.00. The van der Waals surface area contributed by atoms with E-state index in [1.165, 1.54) is 0 Å². The molecule has 100 valence electrons. The number of hydrogen-bond acceptors (Lipinski definition) is 3. The Balaban J connectivity index is 2.67. The van der Waals surface area contributed by atoms with Crippen molar-refractivity contribution in [3.8, 4) is 5.75 Å². The zero-order chi connectivity index (χ0) is 13.4. The van der Waals surface area contributed by atoms with Crippen LogP contribution in [0.1, 0.15) is 12.5 Å². The Morgan fingerprint density at radius 2 is 2.28 bits per heavy atom. The molecule has 0 fully saturated rings. The predicted octanol–water partition coefficient (Wildman–Crippen LogP) is 3.03. The van der Waals surface area contributed by atoms with E-state index in [-0.39, 0.29) is 6.10 Å². The molecule has 1 unspecified atom stereocenters. The van der Waals surface area contributed by atoms with E-state index < -0.39 is 0 Å². The number of hydrogen-bond donors (Lipinski definition) is 1. The minimum atomic E-state index is -0.0242. The lowest BCUT2D eigenvalue weighted by molar-refractivity contribution is 0.199. The minimum Gasteiger partial charge on any atom is -0.486 e. The molecule has 0 radical (unpaired) electrons. The first-order chi connectivity index (χ1) is 8.67. The molecular weight excluding hydrogens is 250 g/mol. The van der Waals surface area contributed by atoms with Crippen molar-refractivity contribution < 1.29 is 9.47 Å². The molecule has 0 aliphatic carbocycles. The molecule has 0 bridgehead atoms. The number of nitrogens with one attached hydrogen (secondary N) is 1. The van der Waals surface area contributed by atoms with Gasteiger partial charge in [0.2, 0.25) is 0 Å². The Morgan fingerprint density at radius 1 is 1.50 bits per heavy atom. The molecule has 0 aliphatic rings. The maximum absolute atomic E-state index is 6.00. The van der Waals surface area contributed by atoms with E-state index in [9.17, 15) is 0 Å². The Bertz CT molecular complexity index is 382. The highest BCUT2D eigenvalue weighted by Gasteiger charge is 2.07. The first-order valence-corrected chi connectivity index (χ1v) is 6.32. The largest absolute Gasteiger partial charge is 0.486 e. The smallest absolute Gasteiger partial charge is 0.124 e. The number of ether oxygens (including phenoxy) is 2. The van der Waals surface area contributed by atoms with Crippen LogP contribution in [0.3, 0.4) is 0 Å². The van der Waals surface area contributed by atoms with Crippen LogP contribution in [0.5, 0.6) is 5.75 Å². The van der Waals surface area contributed by atoms with Gasteiger partial charge in [0.15, 0.2) is 0 Å². The van der Waals surface area contributed by atoms with Gasteiger partial charge in [-0.3, -0.25) is 0 Å². The minimum absolute atomic E-state index is 0.0242. The second kappa shape index (κ2) is 8.14. The molecule has 4 heteroatoms. The highest BCUT2D eigenvalue weighted by atomic mass is 35.5. The maximum Gasteiger partial charge on any atom is 0.124 e. The molecule has 0 saturated carbocycles. The van der Waals surface area contributed by atoms with Gasteiger partial charge in [-0.15, -0.1) is 0 Å². The van der Waals surface area contributed by atoms with Crippen LogP contribution in [0.2, 0.25) is 5.02 Å². The molecule has 1 rings (SSSR count). The molecule has 0 aliphatic heterocycles. The van der Waals surface area contributed by atoms with Gasteiger partial charge in [-0.25, -0.2) is 0 Å². The Morgan fingerprint density at radius 3 is 2.94 bits per heavy atom. The molecule has 0 heterocycles. The fourth-order valence-electron chi connectivity index (χ4n) is 1.45. The molecule has 0 amide bonds. The lowest BCUT2D eigenvalue weighted by Crippen LogP contribution is -2.19. The van der Waals surface area contributed by atoms with Gasteiger partial charge in [-0.05, 0) is 25.1 Å². The van der Waals surface area contributed by atoms with Crippen LogP contribution in [0, 0.1) is 0 Å². The Hall–Kier alpha value is -1.03. The molecule has 0 aromatic heterocycles. The van der Waals surface area contributed by atoms with E-state index in [0.717, 1.165) is 17.9 Å². The van der Waals surface area contributed by atoms with Crippen molar-refractivity contribution in [2.45, 2.75) is 19.6 Å². The summed E-state index contributed by atoms with van der Waals surface area (Å²) in [6, 6.07) is 5.62. The quantitative estimate of drug-likeness (QED) is 0.581. The normalized spacial score (nSPS) is 12.2. The van der Waals surface area contributed by atoms with Crippen molar-refractivity contribution in [3.05, 3.63) is 41.4 Å². The zero-order valence-electron chi connectivity index (χ0n) is 10.9. The van der Waals surface area contributed by atoms with E-state index >= 15 is 0 Å².